The molecule has 0 aromatic heterocycles. The van der Waals surface area contributed by atoms with Crippen molar-refractivity contribution in [3.8, 4) is 0 Å². The van der Waals surface area contributed by atoms with Crippen LogP contribution in [0.1, 0.15) is 44.7 Å². The van der Waals surface area contributed by atoms with Crippen LogP contribution >= 0.6 is 23.2 Å². The van der Waals surface area contributed by atoms with Crippen LogP contribution < -0.4 is 14.8 Å². The molecule has 0 saturated carbocycles. The normalized spacial score (nSPS) is 11.2. The number of carbonyl (C=O) groups is 2. The van der Waals surface area contributed by atoms with Gasteiger partial charge in [-0.15, -0.1) is 0 Å². The van der Waals surface area contributed by atoms with Crippen LogP contribution in [0.15, 0.2) is 66.7 Å². The molecule has 0 aliphatic heterocycles. The molecule has 3 N–H and O–H groups in total. The maximum absolute atomic E-state index is 12.6. The van der Waals surface area contributed by atoms with Gasteiger partial charge in [-0.05, 0) is 72.9 Å². The number of halogens is 2. The Morgan fingerprint density at radius 2 is 1.53 bits per heavy atom. The van der Waals surface area contributed by atoms with E-state index in [4.69, 9.17) is 28.3 Å². The van der Waals surface area contributed by atoms with Gasteiger partial charge in [0.25, 0.3) is 22.0 Å². The Morgan fingerprint density at radius 3 is 2.13 bits per heavy atom. The number of benzene rings is 3. The van der Waals surface area contributed by atoms with Crippen molar-refractivity contribution in [1.82, 2.24) is 10.2 Å². The molecule has 11 heteroatoms. The molecular weight excluding hydrogens is 547 g/mol. The molecule has 0 fully saturated rings. The lowest BCUT2D eigenvalue weighted by Crippen LogP contribution is -2.37. The average Bonchev–Trinajstić information content (AvgIpc) is 2.88. The van der Waals surface area contributed by atoms with E-state index in [2.05, 4.69) is 5.32 Å². The Morgan fingerprint density at radius 1 is 0.895 bits per heavy atom. The van der Waals surface area contributed by atoms with Crippen LogP contribution in [0, 0.1) is 0 Å². The summed E-state index contributed by atoms with van der Waals surface area (Å²) in [4.78, 5) is 26.1. The molecule has 202 valence electrons. The van der Waals surface area contributed by atoms with Gasteiger partial charge in [0.05, 0.1) is 15.7 Å². The highest BCUT2D eigenvalue weighted by Gasteiger charge is 2.18. The fourth-order valence-electron chi connectivity index (χ4n) is 3.80. The van der Waals surface area contributed by atoms with E-state index >= 15 is 0 Å². The van der Waals surface area contributed by atoms with Crippen LogP contribution in [0.4, 0.5) is 5.69 Å². The van der Waals surface area contributed by atoms with Crippen LogP contribution in [0.2, 0.25) is 10.0 Å². The first-order chi connectivity index (χ1) is 18.0. The third-order valence-electron chi connectivity index (χ3n) is 5.87. The zero-order valence-corrected chi connectivity index (χ0v) is 23.5. The molecule has 3 aromatic rings. The Kier molecular flexibility index (Phi) is 10.2. The van der Waals surface area contributed by atoms with Gasteiger partial charge in [-0.2, -0.15) is 8.42 Å². The Labute approximate surface area is 233 Å². The molecule has 8 nitrogen and oxygen atoms in total. The molecule has 0 atom stereocenters. The molecule has 0 heterocycles. The predicted molar refractivity (Wildman–Crippen MR) is 152 cm³/mol. The fourth-order valence-corrected chi connectivity index (χ4v) is 5.02. The molecule has 0 radical (unpaired) electrons. The third-order valence-corrected chi connectivity index (χ3v) is 7.74. The lowest BCUT2D eigenvalue weighted by atomic mass is 10.1. The van der Waals surface area contributed by atoms with Crippen LogP contribution in [-0.4, -0.2) is 45.8 Å². The first-order valence-corrected chi connectivity index (χ1v) is 14.2. The van der Waals surface area contributed by atoms with E-state index in [1.165, 1.54) is 4.90 Å². The number of unbranched alkanes of at least 4 members (excludes halogenated alkanes) is 1. The molecule has 3 aromatic carbocycles. The zero-order chi connectivity index (χ0) is 27.9. The lowest BCUT2D eigenvalue weighted by Gasteiger charge is -2.22. The molecule has 0 saturated heterocycles. The summed E-state index contributed by atoms with van der Waals surface area (Å²) in [6, 6.07) is 18.6. The van der Waals surface area contributed by atoms with Crippen molar-refractivity contribution in [2.45, 2.75) is 25.8 Å². The Hall–Kier alpha value is -3.11. The van der Waals surface area contributed by atoms with Gasteiger partial charge in [-0.1, -0.05) is 47.5 Å². The second kappa shape index (κ2) is 13.1. The number of hydrogen-bond acceptors (Lipinski definition) is 4. The van der Waals surface area contributed by atoms with E-state index in [-0.39, 0.29) is 24.9 Å². The number of nitrogens with two attached hydrogens (primary N) is 1. The summed E-state index contributed by atoms with van der Waals surface area (Å²) in [5.41, 5.74) is 3.04. The molecule has 0 spiro atoms. The maximum atomic E-state index is 12.6. The topological polar surface area (TPSA) is 113 Å². The smallest absolute Gasteiger partial charge is 0.298 e. The summed E-state index contributed by atoms with van der Waals surface area (Å²) >= 11 is 12.3. The quantitative estimate of drug-likeness (QED) is 0.323. The SMILES string of the molecule is CN(C)C(=O)c1ccc(CNC(=O)c2ccc(N(CCCCc3cccc(Cl)c3Cl)S(N)(=O)=O)cc2)cc1. The second-order valence-electron chi connectivity index (χ2n) is 8.91. The summed E-state index contributed by atoms with van der Waals surface area (Å²) in [7, 11) is -0.647. The monoisotopic (exact) mass is 576 g/mol. The molecule has 0 aliphatic carbocycles. The molecule has 2 amide bonds. The van der Waals surface area contributed by atoms with Gasteiger partial charge in [0.15, 0.2) is 0 Å². The largest absolute Gasteiger partial charge is 0.348 e. The number of carbonyl (C=O) groups excluding carboxylic acids is 2. The van der Waals surface area contributed by atoms with Gasteiger partial charge in [0.1, 0.15) is 0 Å². The number of anilines is 1. The number of nitrogens with zero attached hydrogens (tertiary/aromatic N) is 2. The standard InChI is InChI=1S/C27H30Cl2N4O4S/c1-32(2)27(35)22-11-9-19(10-12-22)18-31-26(34)21-13-15-23(16-14-21)33(38(30,36)37)17-4-3-6-20-7-5-8-24(28)25(20)29/h5,7-16H,3-4,6,17-18H2,1-2H3,(H,31,34)(H2,30,36,37). The number of hydrogen-bond donors (Lipinski definition) is 2. The molecule has 0 aliphatic rings. The predicted octanol–water partition coefficient (Wildman–Crippen LogP) is 4.66. The second-order valence-corrected chi connectivity index (χ2v) is 11.2. The summed E-state index contributed by atoms with van der Waals surface area (Å²) < 4.78 is 25.6. The third kappa shape index (κ3) is 7.94. The summed E-state index contributed by atoms with van der Waals surface area (Å²) in [6.07, 6.45) is 1.86. The van der Waals surface area contributed by atoms with E-state index in [0.29, 0.717) is 46.1 Å². The molecular formula is C27H30Cl2N4O4S. The number of amides is 2. The van der Waals surface area contributed by atoms with E-state index in [9.17, 15) is 18.0 Å². The van der Waals surface area contributed by atoms with E-state index in [0.717, 1.165) is 15.4 Å². The first kappa shape index (κ1) is 29.4. The molecule has 0 unspecified atom stereocenters. The van der Waals surface area contributed by atoms with Gasteiger partial charge in [-0.25, -0.2) is 5.14 Å². The Balaban J connectivity index is 1.57. The van der Waals surface area contributed by atoms with Gasteiger partial charge in [0, 0.05) is 38.3 Å². The van der Waals surface area contributed by atoms with E-state index in [1.807, 2.05) is 12.1 Å². The van der Waals surface area contributed by atoms with Crippen molar-refractivity contribution in [3.63, 3.8) is 0 Å². The van der Waals surface area contributed by atoms with Crippen molar-refractivity contribution in [2.24, 2.45) is 5.14 Å². The van der Waals surface area contributed by atoms with Crippen LogP contribution in [0.3, 0.4) is 0 Å². The van der Waals surface area contributed by atoms with Crippen molar-refractivity contribution >= 4 is 50.9 Å². The molecule has 3 rings (SSSR count). The lowest BCUT2D eigenvalue weighted by molar-refractivity contribution is 0.0827. The fraction of sp³-hybridized carbons (Fsp3) is 0.259. The summed E-state index contributed by atoms with van der Waals surface area (Å²) in [6.45, 7) is 0.450. The zero-order valence-electron chi connectivity index (χ0n) is 21.2. The van der Waals surface area contributed by atoms with Gasteiger partial charge < -0.3 is 10.2 Å². The number of nitrogens with one attached hydrogen (secondary N) is 1. The molecule has 38 heavy (non-hydrogen) atoms. The molecule has 0 bridgehead atoms. The number of rotatable bonds is 11. The minimum Gasteiger partial charge on any atom is -0.348 e. The van der Waals surface area contributed by atoms with E-state index in [1.54, 1.807) is 68.7 Å². The average molecular weight is 578 g/mol. The van der Waals surface area contributed by atoms with Crippen molar-refractivity contribution in [1.29, 1.82) is 0 Å². The minimum atomic E-state index is -4.01. The highest BCUT2D eigenvalue weighted by atomic mass is 35.5. The minimum absolute atomic E-state index is 0.0975. The van der Waals surface area contributed by atoms with Crippen molar-refractivity contribution in [2.75, 3.05) is 24.9 Å². The Bertz CT molecular complexity index is 1380. The highest BCUT2D eigenvalue weighted by molar-refractivity contribution is 7.90. The summed E-state index contributed by atoms with van der Waals surface area (Å²) in [5.74, 6) is -0.412. The highest BCUT2D eigenvalue weighted by Crippen LogP contribution is 2.27. The van der Waals surface area contributed by atoms with Crippen LogP contribution in [0.25, 0.3) is 0 Å². The summed E-state index contributed by atoms with van der Waals surface area (Å²) in [5, 5.41) is 9.26. The van der Waals surface area contributed by atoms with Crippen molar-refractivity contribution < 1.29 is 18.0 Å². The van der Waals surface area contributed by atoms with E-state index < -0.39 is 10.2 Å². The van der Waals surface area contributed by atoms with Crippen LogP contribution in [0.5, 0.6) is 0 Å². The van der Waals surface area contributed by atoms with Crippen LogP contribution in [-0.2, 0) is 23.2 Å². The van der Waals surface area contributed by atoms with Gasteiger partial charge in [-0.3, -0.25) is 13.9 Å². The van der Waals surface area contributed by atoms with Gasteiger partial charge >= 0.3 is 0 Å². The maximum Gasteiger partial charge on any atom is 0.298 e. The van der Waals surface area contributed by atoms with Crippen molar-refractivity contribution in [3.05, 3.63) is 99.0 Å². The first-order valence-electron chi connectivity index (χ1n) is 11.9. The van der Waals surface area contributed by atoms with Gasteiger partial charge in [0.2, 0.25) is 0 Å². The number of aryl methyl sites for hydroxylation is 1.